The number of carbonyl (C=O) groups is 2. The van der Waals surface area contributed by atoms with Gasteiger partial charge in [-0.2, -0.15) is 0 Å². The normalized spacial score (nSPS) is 21.9. The molecule has 1 atom stereocenters. The highest BCUT2D eigenvalue weighted by atomic mass is 16.7. The molecule has 0 fully saturated rings. The number of amides is 1. The predicted molar refractivity (Wildman–Crippen MR) is 115 cm³/mol. The molecule has 6 nitrogen and oxygen atoms in total. The van der Waals surface area contributed by atoms with E-state index in [9.17, 15) is 9.59 Å². The Balaban J connectivity index is 1.63. The van der Waals surface area contributed by atoms with Crippen LogP contribution in [0.2, 0.25) is 0 Å². The number of allylic oxidation sites excluding steroid dienone is 2. The number of fused-ring (bicyclic) bond motifs is 1. The number of benzene rings is 2. The number of ether oxygens (including phenoxy) is 3. The lowest BCUT2D eigenvalue weighted by Crippen LogP contribution is -2.43. The summed E-state index contributed by atoms with van der Waals surface area (Å²) >= 11 is 0. The van der Waals surface area contributed by atoms with Crippen LogP contribution in [0.25, 0.3) is 0 Å². The minimum absolute atomic E-state index is 0.0166. The van der Waals surface area contributed by atoms with Gasteiger partial charge in [0.15, 0.2) is 17.3 Å². The first-order chi connectivity index (χ1) is 14.9. The van der Waals surface area contributed by atoms with Crippen molar-refractivity contribution in [3.8, 4) is 17.2 Å². The molecule has 1 unspecified atom stereocenters. The zero-order valence-electron chi connectivity index (χ0n) is 17.9. The fourth-order valence-electron chi connectivity index (χ4n) is 4.86. The van der Waals surface area contributed by atoms with Crippen molar-refractivity contribution in [3.63, 3.8) is 0 Å². The molecule has 0 aromatic heterocycles. The van der Waals surface area contributed by atoms with E-state index in [1.807, 2.05) is 42.5 Å². The number of nitrogens with zero attached hydrogens (tertiary/aromatic N) is 1. The molecular formula is C25H25NO5. The highest BCUT2D eigenvalue weighted by Crippen LogP contribution is 2.49. The molecular weight excluding hydrogens is 394 g/mol. The fourth-order valence-corrected chi connectivity index (χ4v) is 4.86. The second-order valence-corrected chi connectivity index (χ2v) is 9.10. The standard InChI is InChI=1S/C25H25NO5/c1-25(2)12-19-24(20(27)13-25)18(15-4-9-21-22(10-15)31-14-30-21)11-23(28)26(19)16-5-7-17(29-3)8-6-16/h4-10,18H,11-14H2,1-3H3. The van der Waals surface area contributed by atoms with Gasteiger partial charge in [-0.15, -0.1) is 0 Å². The van der Waals surface area contributed by atoms with Crippen molar-refractivity contribution < 1.29 is 23.8 Å². The molecule has 2 heterocycles. The maximum atomic E-state index is 13.4. The molecule has 0 bridgehead atoms. The maximum Gasteiger partial charge on any atom is 0.232 e. The number of carbonyl (C=O) groups excluding carboxylic acids is 2. The monoisotopic (exact) mass is 419 g/mol. The van der Waals surface area contributed by atoms with Gasteiger partial charge in [-0.25, -0.2) is 0 Å². The van der Waals surface area contributed by atoms with Crippen molar-refractivity contribution in [3.05, 3.63) is 59.3 Å². The fraction of sp³-hybridized carbons (Fsp3) is 0.360. The molecule has 2 aromatic carbocycles. The highest BCUT2D eigenvalue weighted by molar-refractivity contribution is 6.07. The summed E-state index contributed by atoms with van der Waals surface area (Å²) in [6.45, 7) is 4.35. The number of anilines is 1. The number of rotatable bonds is 3. The van der Waals surface area contributed by atoms with Crippen LogP contribution in [0, 0.1) is 5.41 Å². The molecule has 0 N–H and O–H groups in total. The van der Waals surface area contributed by atoms with E-state index in [1.54, 1.807) is 12.0 Å². The van der Waals surface area contributed by atoms with E-state index >= 15 is 0 Å². The SMILES string of the molecule is COc1ccc(N2C(=O)CC(c3ccc4c(c3)OCO4)C3=C2CC(C)(C)CC3=O)cc1. The van der Waals surface area contributed by atoms with Crippen LogP contribution >= 0.6 is 0 Å². The molecule has 0 radical (unpaired) electrons. The Bertz CT molecular complexity index is 1100. The van der Waals surface area contributed by atoms with E-state index in [0.29, 0.717) is 24.3 Å². The van der Waals surface area contributed by atoms with Crippen LogP contribution in [-0.4, -0.2) is 25.6 Å². The summed E-state index contributed by atoms with van der Waals surface area (Å²) < 4.78 is 16.2. The van der Waals surface area contributed by atoms with Crippen LogP contribution in [0.3, 0.4) is 0 Å². The highest BCUT2D eigenvalue weighted by Gasteiger charge is 2.44. The molecule has 1 aliphatic carbocycles. The summed E-state index contributed by atoms with van der Waals surface area (Å²) in [6, 6.07) is 13.1. The minimum atomic E-state index is -0.282. The smallest absolute Gasteiger partial charge is 0.232 e. The van der Waals surface area contributed by atoms with Gasteiger partial charge >= 0.3 is 0 Å². The molecule has 160 valence electrons. The third kappa shape index (κ3) is 3.36. The third-order valence-electron chi connectivity index (χ3n) is 6.27. The van der Waals surface area contributed by atoms with Crippen molar-refractivity contribution in [1.29, 1.82) is 0 Å². The summed E-state index contributed by atoms with van der Waals surface area (Å²) in [4.78, 5) is 28.5. The molecule has 0 saturated carbocycles. The van der Waals surface area contributed by atoms with E-state index in [4.69, 9.17) is 14.2 Å². The molecule has 3 aliphatic rings. The molecule has 0 saturated heterocycles. The Kier molecular flexibility index (Phi) is 4.54. The second kappa shape index (κ2) is 7.15. The molecule has 5 rings (SSSR count). The first-order valence-electron chi connectivity index (χ1n) is 10.5. The quantitative estimate of drug-likeness (QED) is 0.728. The Hall–Kier alpha value is -3.28. The largest absolute Gasteiger partial charge is 0.497 e. The summed E-state index contributed by atoms with van der Waals surface area (Å²) in [6.07, 6.45) is 1.36. The minimum Gasteiger partial charge on any atom is -0.497 e. The lowest BCUT2D eigenvalue weighted by Gasteiger charge is -2.43. The average Bonchev–Trinajstić information content (AvgIpc) is 3.20. The topological polar surface area (TPSA) is 65.1 Å². The number of ketones is 1. The maximum absolute atomic E-state index is 13.4. The number of hydrogen-bond donors (Lipinski definition) is 0. The van der Waals surface area contributed by atoms with Gasteiger partial charge in [0.25, 0.3) is 0 Å². The van der Waals surface area contributed by atoms with Crippen LogP contribution in [0.5, 0.6) is 17.2 Å². The molecule has 31 heavy (non-hydrogen) atoms. The van der Waals surface area contributed by atoms with E-state index < -0.39 is 0 Å². The Morgan fingerprint density at radius 2 is 1.74 bits per heavy atom. The number of methoxy groups -OCH3 is 1. The van der Waals surface area contributed by atoms with Crippen LogP contribution in [0.1, 0.15) is 44.6 Å². The molecule has 2 aliphatic heterocycles. The Morgan fingerprint density at radius 3 is 2.48 bits per heavy atom. The predicted octanol–water partition coefficient (Wildman–Crippen LogP) is 4.59. The molecule has 0 spiro atoms. The van der Waals surface area contributed by atoms with Gasteiger partial charge in [0.1, 0.15) is 5.75 Å². The summed E-state index contributed by atoms with van der Waals surface area (Å²) in [5, 5.41) is 0. The first kappa shape index (κ1) is 19.7. The van der Waals surface area contributed by atoms with Gasteiger partial charge in [-0.3, -0.25) is 14.5 Å². The van der Waals surface area contributed by atoms with Crippen LogP contribution in [-0.2, 0) is 9.59 Å². The van der Waals surface area contributed by atoms with Gasteiger partial charge in [0.05, 0.1) is 7.11 Å². The van der Waals surface area contributed by atoms with E-state index in [1.165, 1.54) is 0 Å². The van der Waals surface area contributed by atoms with Crippen molar-refractivity contribution in [2.75, 3.05) is 18.8 Å². The van der Waals surface area contributed by atoms with Gasteiger partial charge in [0.2, 0.25) is 12.7 Å². The van der Waals surface area contributed by atoms with E-state index in [2.05, 4.69) is 13.8 Å². The third-order valence-corrected chi connectivity index (χ3v) is 6.27. The van der Waals surface area contributed by atoms with Crippen LogP contribution in [0.15, 0.2) is 53.7 Å². The van der Waals surface area contributed by atoms with Crippen LogP contribution < -0.4 is 19.1 Å². The van der Waals surface area contributed by atoms with E-state index in [0.717, 1.165) is 28.3 Å². The zero-order chi connectivity index (χ0) is 21.8. The zero-order valence-corrected chi connectivity index (χ0v) is 17.9. The van der Waals surface area contributed by atoms with Crippen molar-refractivity contribution in [2.45, 2.75) is 39.0 Å². The van der Waals surface area contributed by atoms with Crippen molar-refractivity contribution >= 4 is 17.4 Å². The number of hydrogen-bond acceptors (Lipinski definition) is 5. The summed E-state index contributed by atoms with van der Waals surface area (Å²) in [5.41, 5.74) is 3.01. The molecule has 2 aromatic rings. The molecule has 6 heteroatoms. The van der Waals surface area contributed by atoms with E-state index in [-0.39, 0.29) is 36.2 Å². The Morgan fingerprint density at radius 1 is 1.00 bits per heavy atom. The summed E-state index contributed by atoms with van der Waals surface area (Å²) in [7, 11) is 1.61. The van der Waals surface area contributed by atoms with Crippen molar-refractivity contribution in [2.24, 2.45) is 5.41 Å². The van der Waals surface area contributed by atoms with Crippen molar-refractivity contribution in [1.82, 2.24) is 0 Å². The first-order valence-corrected chi connectivity index (χ1v) is 10.5. The lowest BCUT2D eigenvalue weighted by atomic mass is 9.69. The van der Waals surface area contributed by atoms with Gasteiger partial charge in [-0.1, -0.05) is 19.9 Å². The number of Topliss-reactive ketones (excluding diaryl/α,β-unsaturated/α-hetero) is 1. The van der Waals surface area contributed by atoms with Gasteiger partial charge in [0, 0.05) is 35.7 Å². The lowest BCUT2D eigenvalue weighted by molar-refractivity contribution is -0.121. The Labute approximate surface area is 181 Å². The summed E-state index contributed by atoms with van der Waals surface area (Å²) in [5.74, 6) is 1.89. The molecule has 1 amide bonds. The second-order valence-electron chi connectivity index (χ2n) is 9.10. The van der Waals surface area contributed by atoms with Gasteiger partial charge in [-0.05, 0) is 53.8 Å². The van der Waals surface area contributed by atoms with Gasteiger partial charge < -0.3 is 14.2 Å². The van der Waals surface area contributed by atoms with Crippen LogP contribution in [0.4, 0.5) is 5.69 Å². The average molecular weight is 419 g/mol.